The van der Waals surface area contributed by atoms with E-state index in [1.165, 1.54) is 11.1 Å². The number of hydrogen-bond acceptors (Lipinski definition) is 0. The van der Waals surface area contributed by atoms with Crippen molar-refractivity contribution in [3.05, 3.63) is 35.4 Å². The summed E-state index contributed by atoms with van der Waals surface area (Å²) in [5.41, 5.74) is 2.35. The van der Waals surface area contributed by atoms with E-state index < -0.39 is 12.3 Å². The molecule has 5 heteroatoms. The molecule has 4 rings (SSSR count). The molecule has 0 aliphatic heterocycles. The van der Waals surface area contributed by atoms with Crippen molar-refractivity contribution < 1.29 is 64.3 Å². The molecule has 0 atom stereocenters. The molecule has 1 aromatic carbocycles. The molecular weight excluding hydrogens is 263 g/mol. The fourth-order valence-corrected chi connectivity index (χ4v) is 3.87. The monoisotopic (exact) mass is 278 g/mol. The summed E-state index contributed by atoms with van der Waals surface area (Å²) in [6, 6.07) is 8.12. The van der Waals surface area contributed by atoms with Gasteiger partial charge in [-0.3, -0.25) is 0 Å². The fourth-order valence-electron chi connectivity index (χ4n) is 3.87. The summed E-state index contributed by atoms with van der Waals surface area (Å²) in [5.74, 6) is 0. The van der Waals surface area contributed by atoms with Crippen LogP contribution in [0.1, 0.15) is 30.4 Å². The Morgan fingerprint density at radius 3 is 2.28 bits per heavy atom. The Kier molecular flexibility index (Phi) is 3.88. The van der Waals surface area contributed by atoms with Gasteiger partial charge in [-0.2, -0.15) is 0 Å². The molecule has 0 radical (unpaired) electrons. The van der Waals surface area contributed by atoms with E-state index in [0.717, 1.165) is 6.42 Å². The number of benzene rings is 1. The molecule has 0 saturated heterocycles. The molecule has 2 bridgehead atoms. The molecule has 0 aromatic heterocycles. The topological polar surface area (TPSA) is 0 Å². The maximum absolute atomic E-state index is 12.8. The van der Waals surface area contributed by atoms with Crippen LogP contribution in [0.5, 0.6) is 0 Å². The Morgan fingerprint density at radius 2 is 1.78 bits per heavy atom. The van der Waals surface area contributed by atoms with Crippen molar-refractivity contribution in [2.75, 3.05) is 0 Å². The van der Waals surface area contributed by atoms with Crippen molar-refractivity contribution in [1.29, 1.82) is 0 Å². The van der Waals surface area contributed by atoms with Gasteiger partial charge in [0.25, 0.3) is 0 Å². The van der Waals surface area contributed by atoms with E-state index in [9.17, 15) is 12.9 Å². The smallest absolute Gasteiger partial charge is 0.449 e. The molecule has 3 aliphatic carbocycles. The van der Waals surface area contributed by atoms with E-state index in [-0.39, 0.29) is 56.8 Å². The minimum absolute atomic E-state index is 0. The molecule has 0 spiro atoms. The minimum atomic E-state index is -4.62. The zero-order chi connectivity index (χ0) is 12.3. The van der Waals surface area contributed by atoms with E-state index >= 15 is 0 Å². The average molecular weight is 278 g/mol. The van der Waals surface area contributed by atoms with Crippen molar-refractivity contribution in [2.45, 2.75) is 37.9 Å². The number of halogens is 3. The van der Waals surface area contributed by atoms with Gasteiger partial charge in [0.15, 0.2) is 0 Å². The van der Waals surface area contributed by atoms with Crippen LogP contribution in [0, 0.1) is 12.3 Å². The quantitative estimate of drug-likeness (QED) is 0.731. The first-order valence-electron chi connectivity index (χ1n) is 6.09. The second kappa shape index (κ2) is 4.62. The van der Waals surface area contributed by atoms with Crippen LogP contribution in [0.2, 0.25) is 5.31 Å². The summed E-state index contributed by atoms with van der Waals surface area (Å²) in [6.45, 7) is -2.61. The number of hydrogen-bond donors (Lipinski definition) is 0. The fraction of sp³-hybridized carbons (Fsp3) is 0.538. The summed E-state index contributed by atoms with van der Waals surface area (Å²) in [4.78, 5) is 0. The van der Waals surface area contributed by atoms with Crippen LogP contribution in [0.25, 0.3) is 0 Å². The van der Waals surface area contributed by atoms with Crippen LogP contribution >= 0.6 is 0 Å². The van der Waals surface area contributed by atoms with Gasteiger partial charge < -0.3 is 12.9 Å². The summed E-state index contributed by atoms with van der Waals surface area (Å²) >= 11 is 0. The first-order chi connectivity index (χ1) is 7.84. The third-order valence-corrected chi connectivity index (χ3v) is 4.54. The van der Waals surface area contributed by atoms with E-state index in [1.807, 2.05) is 25.1 Å². The van der Waals surface area contributed by atoms with Crippen molar-refractivity contribution in [2.24, 2.45) is 5.41 Å². The Balaban J connectivity index is 0.00000120. The molecule has 1 aromatic rings. The maximum atomic E-state index is 12.8. The van der Waals surface area contributed by atoms with Gasteiger partial charge in [-0.05, 0) is 24.3 Å². The van der Waals surface area contributed by atoms with E-state index in [0.29, 0.717) is 19.3 Å². The minimum Gasteiger partial charge on any atom is -0.449 e. The second-order valence-electron chi connectivity index (χ2n) is 6.13. The SMILES string of the molecule is Cc1cccc(CC23CC([B-](F)(F)F)(C2)C3)c1.[K+]. The molecule has 3 saturated carbocycles. The van der Waals surface area contributed by atoms with Gasteiger partial charge in [-0.15, -0.1) is 0 Å². The van der Waals surface area contributed by atoms with Gasteiger partial charge in [0, 0.05) is 0 Å². The third kappa shape index (κ3) is 2.26. The Bertz CT molecular complexity index is 450. The van der Waals surface area contributed by atoms with Crippen LogP contribution in [0.15, 0.2) is 24.3 Å². The molecule has 0 unspecified atom stereocenters. The zero-order valence-corrected chi connectivity index (χ0v) is 14.0. The van der Waals surface area contributed by atoms with Crippen LogP contribution in [0.3, 0.4) is 0 Å². The van der Waals surface area contributed by atoms with E-state index in [1.54, 1.807) is 0 Å². The average Bonchev–Trinajstić information content (AvgIpc) is 2.06. The number of rotatable bonds is 3. The first-order valence-corrected chi connectivity index (χ1v) is 6.09. The summed E-state index contributed by atoms with van der Waals surface area (Å²) in [6.07, 6.45) is 1.94. The van der Waals surface area contributed by atoms with Crippen molar-refractivity contribution in [1.82, 2.24) is 0 Å². The first kappa shape index (κ1) is 15.1. The normalized spacial score (nSPS) is 33.1. The Morgan fingerprint density at radius 1 is 1.17 bits per heavy atom. The van der Waals surface area contributed by atoms with Gasteiger partial charge in [0.1, 0.15) is 0 Å². The molecule has 0 nitrogen and oxygen atoms in total. The Labute approximate surface area is 148 Å². The van der Waals surface area contributed by atoms with Gasteiger partial charge >= 0.3 is 58.4 Å². The van der Waals surface area contributed by atoms with Crippen molar-refractivity contribution in [3.63, 3.8) is 0 Å². The molecule has 0 amide bonds. The van der Waals surface area contributed by atoms with Crippen molar-refractivity contribution >= 4 is 6.98 Å². The molecule has 3 fully saturated rings. The van der Waals surface area contributed by atoms with Gasteiger partial charge in [0.2, 0.25) is 0 Å². The maximum Gasteiger partial charge on any atom is 1.00 e. The molecular formula is C13H15BF3K. The van der Waals surface area contributed by atoms with E-state index in [4.69, 9.17) is 0 Å². The zero-order valence-electron chi connectivity index (χ0n) is 10.8. The molecule has 92 valence electrons. The number of aryl methyl sites for hydroxylation is 1. The van der Waals surface area contributed by atoms with Crippen LogP contribution in [0.4, 0.5) is 12.9 Å². The standard InChI is InChI=1S/C13H15BF3.K/c1-10-3-2-4-11(5-10)6-12-7-13(8-12,9-12)14(15,16)17;/h2-5H,6-9H2,1H3;/q-1;+1. The van der Waals surface area contributed by atoms with Crippen LogP contribution < -0.4 is 51.4 Å². The predicted molar refractivity (Wildman–Crippen MR) is 62.9 cm³/mol. The predicted octanol–water partition coefficient (Wildman–Crippen LogP) is 1.31. The Hall–Kier alpha value is 0.711. The van der Waals surface area contributed by atoms with Gasteiger partial charge in [0.05, 0.1) is 0 Å². The third-order valence-electron chi connectivity index (χ3n) is 4.54. The van der Waals surface area contributed by atoms with Crippen LogP contribution in [-0.2, 0) is 6.42 Å². The van der Waals surface area contributed by atoms with Gasteiger partial charge in [-0.25, -0.2) is 0 Å². The van der Waals surface area contributed by atoms with Crippen LogP contribution in [-0.4, -0.2) is 6.98 Å². The molecule has 3 aliphatic rings. The second-order valence-corrected chi connectivity index (χ2v) is 6.13. The van der Waals surface area contributed by atoms with E-state index in [2.05, 4.69) is 6.07 Å². The molecule has 0 N–H and O–H groups in total. The summed E-state index contributed by atoms with van der Waals surface area (Å²) in [5, 5.41) is -1.25. The summed E-state index contributed by atoms with van der Waals surface area (Å²) in [7, 11) is 0. The largest absolute Gasteiger partial charge is 1.00 e. The van der Waals surface area contributed by atoms with Gasteiger partial charge in [-0.1, -0.05) is 54.4 Å². The molecule has 0 heterocycles. The molecule has 18 heavy (non-hydrogen) atoms. The van der Waals surface area contributed by atoms with Crippen molar-refractivity contribution in [3.8, 4) is 0 Å². The summed E-state index contributed by atoms with van der Waals surface area (Å²) < 4.78 is 38.3.